The molecule has 2 N–H and O–H groups in total. The van der Waals surface area contributed by atoms with Crippen LogP contribution in [0.2, 0.25) is 10.0 Å². The number of halogens is 2. The van der Waals surface area contributed by atoms with E-state index in [0.29, 0.717) is 38.2 Å². The minimum Gasteiger partial charge on any atom is -0.457 e. The average Bonchev–Trinajstić information content (AvgIpc) is 2.84. The largest absolute Gasteiger partial charge is 0.457 e. The smallest absolute Gasteiger partial charge is 0.253 e. The van der Waals surface area contributed by atoms with Crippen molar-refractivity contribution in [3.8, 4) is 11.5 Å². The maximum absolute atomic E-state index is 13.0. The van der Waals surface area contributed by atoms with Crippen LogP contribution < -0.4 is 15.4 Å². The van der Waals surface area contributed by atoms with E-state index in [9.17, 15) is 9.59 Å². The molecule has 4 aromatic rings. The molecule has 34 heavy (non-hydrogen) atoms. The van der Waals surface area contributed by atoms with E-state index < -0.39 is 18.0 Å². The van der Waals surface area contributed by atoms with E-state index in [1.807, 2.05) is 30.3 Å². The summed E-state index contributed by atoms with van der Waals surface area (Å²) in [4.78, 5) is 25.9. The molecule has 0 aliphatic rings. The lowest BCUT2D eigenvalue weighted by Crippen LogP contribution is -2.41. The summed E-state index contributed by atoms with van der Waals surface area (Å²) in [5.74, 6) is 0.436. The van der Waals surface area contributed by atoms with E-state index in [1.54, 1.807) is 72.8 Å². The normalized spacial score (nSPS) is 10.6. The number of amides is 2. The van der Waals surface area contributed by atoms with Crippen LogP contribution in [0.15, 0.2) is 103 Å². The SMILES string of the molecule is O=C(NC(NC(=O)c1cccc(Cl)c1)c1cccc(Oc2ccccc2)c1)c1cccc(Cl)c1. The van der Waals surface area contributed by atoms with Gasteiger partial charge in [0.05, 0.1) is 0 Å². The van der Waals surface area contributed by atoms with Gasteiger partial charge >= 0.3 is 0 Å². The Hall–Kier alpha value is -3.80. The summed E-state index contributed by atoms with van der Waals surface area (Å²) in [6, 6.07) is 29.6. The molecule has 0 fully saturated rings. The molecule has 4 aromatic carbocycles. The lowest BCUT2D eigenvalue weighted by molar-refractivity contribution is 0.0883. The van der Waals surface area contributed by atoms with E-state index in [2.05, 4.69) is 10.6 Å². The summed E-state index contributed by atoms with van der Waals surface area (Å²) in [5, 5.41) is 6.60. The highest BCUT2D eigenvalue weighted by molar-refractivity contribution is 6.31. The summed E-state index contributed by atoms with van der Waals surface area (Å²) in [6.45, 7) is 0. The third kappa shape index (κ3) is 6.16. The quantitative estimate of drug-likeness (QED) is 0.285. The molecule has 7 heteroatoms. The van der Waals surface area contributed by atoms with Crippen molar-refractivity contribution in [2.45, 2.75) is 6.17 Å². The molecule has 0 bridgehead atoms. The summed E-state index contributed by atoms with van der Waals surface area (Å²) >= 11 is 12.1. The molecule has 0 heterocycles. The molecule has 0 aromatic heterocycles. The zero-order chi connectivity index (χ0) is 23.9. The molecule has 0 atom stereocenters. The zero-order valence-electron chi connectivity index (χ0n) is 17.9. The fourth-order valence-electron chi connectivity index (χ4n) is 3.27. The zero-order valence-corrected chi connectivity index (χ0v) is 19.4. The number of carbonyl (C=O) groups is 2. The number of para-hydroxylation sites is 1. The number of benzene rings is 4. The predicted octanol–water partition coefficient (Wildman–Crippen LogP) is 6.64. The Bertz CT molecular complexity index is 1250. The van der Waals surface area contributed by atoms with Gasteiger partial charge in [0.1, 0.15) is 17.7 Å². The monoisotopic (exact) mass is 490 g/mol. The van der Waals surface area contributed by atoms with Crippen molar-refractivity contribution >= 4 is 35.0 Å². The standard InChI is InChI=1S/C27H20Cl2N2O3/c28-21-10-4-8-19(15-21)26(32)30-25(31-27(33)20-9-5-11-22(29)16-20)18-7-6-14-24(17-18)34-23-12-2-1-3-13-23/h1-17,25H,(H,30,32)(H,31,33). The van der Waals surface area contributed by atoms with Crippen LogP contribution in [0.25, 0.3) is 0 Å². The molecular weight excluding hydrogens is 471 g/mol. The molecule has 2 amide bonds. The van der Waals surface area contributed by atoms with Gasteiger partial charge in [-0.1, -0.05) is 65.7 Å². The average molecular weight is 491 g/mol. The fourth-order valence-corrected chi connectivity index (χ4v) is 3.65. The molecular formula is C27H20Cl2N2O3. The molecule has 0 radical (unpaired) electrons. The first-order valence-corrected chi connectivity index (χ1v) is 11.2. The first-order valence-electron chi connectivity index (χ1n) is 10.4. The minimum atomic E-state index is -0.850. The molecule has 0 unspecified atom stereocenters. The molecule has 0 aliphatic heterocycles. The van der Waals surface area contributed by atoms with Crippen molar-refractivity contribution in [3.05, 3.63) is 130 Å². The number of hydrogen-bond donors (Lipinski definition) is 2. The van der Waals surface area contributed by atoms with Crippen LogP contribution in [0, 0.1) is 0 Å². The lowest BCUT2D eigenvalue weighted by atomic mass is 10.1. The molecule has 0 aliphatic carbocycles. The van der Waals surface area contributed by atoms with Crippen LogP contribution in [0.4, 0.5) is 0 Å². The molecule has 4 rings (SSSR count). The van der Waals surface area contributed by atoms with Gasteiger partial charge in [0.15, 0.2) is 0 Å². The van der Waals surface area contributed by atoms with E-state index >= 15 is 0 Å². The molecule has 0 saturated heterocycles. The van der Waals surface area contributed by atoms with Crippen molar-refractivity contribution in [2.75, 3.05) is 0 Å². The maximum atomic E-state index is 13.0. The number of rotatable bonds is 7. The van der Waals surface area contributed by atoms with Crippen molar-refractivity contribution < 1.29 is 14.3 Å². The second kappa shape index (κ2) is 10.9. The Labute approximate surface area is 207 Å². The Morgan fingerprint density at radius 1 is 0.618 bits per heavy atom. The van der Waals surface area contributed by atoms with Gasteiger partial charge in [0.2, 0.25) is 0 Å². The van der Waals surface area contributed by atoms with Gasteiger partial charge in [0.25, 0.3) is 11.8 Å². The van der Waals surface area contributed by atoms with Crippen LogP contribution in [-0.2, 0) is 0 Å². The van der Waals surface area contributed by atoms with Crippen molar-refractivity contribution in [2.24, 2.45) is 0 Å². The van der Waals surface area contributed by atoms with Gasteiger partial charge in [-0.3, -0.25) is 9.59 Å². The van der Waals surface area contributed by atoms with E-state index in [-0.39, 0.29) is 0 Å². The second-order valence-electron chi connectivity index (χ2n) is 7.39. The van der Waals surface area contributed by atoms with Crippen molar-refractivity contribution in [3.63, 3.8) is 0 Å². The summed E-state index contributed by atoms with van der Waals surface area (Å²) in [6.07, 6.45) is -0.850. The van der Waals surface area contributed by atoms with E-state index in [1.165, 1.54) is 0 Å². The predicted molar refractivity (Wildman–Crippen MR) is 134 cm³/mol. The van der Waals surface area contributed by atoms with Crippen LogP contribution in [-0.4, -0.2) is 11.8 Å². The fraction of sp³-hybridized carbons (Fsp3) is 0.0370. The molecule has 170 valence electrons. The molecule has 0 saturated carbocycles. The van der Waals surface area contributed by atoms with Crippen molar-refractivity contribution in [1.29, 1.82) is 0 Å². The van der Waals surface area contributed by atoms with E-state index in [4.69, 9.17) is 27.9 Å². The third-order valence-corrected chi connectivity index (χ3v) is 5.37. The highest BCUT2D eigenvalue weighted by Gasteiger charge is 2.20. The van der Waals surface area contributed by atoms with Crippen LogP contribution in [0.1, 0.15) is 32.4 Å². The highest BCUT2D eigenvalue weighted by atomic mass is 35.5. The van der Waals surface area contributed by atoms with Gasteiger partial charge in [-0.2, -0.15) is 0 Å². The van der Waals surface area contributed by atoms with Crippen LogP contribution in [0.5, 0.6) is 11.5 Å². The molecule has 5 nitrogen and oxygen atoms in total. The van der Waals surface area contributed by atoms with Crippen molar-refractivity contribution in [1.82, 2.24) is 10.6 Å². The second-order valence-corrected chi connectivity index (χ2v) is 8.26. The third-order valence-electron chi connectivity index (χ3n) is 4.89. The Kier molecular flexibility index (Phi) is 7.48. The molecule has 0 spiro atoms. The van der Waals surface area contributed by atoms with Gasteiger partial charge in [-0.05, 0) is 66.2 Å². The number of hydrogen-bond acceptors (Lipinski definition) is 3. The Balaban J connectivity index is 1.62. The van der Waals surface area contributed by atoms with Gasteiger partial charge in [-0.25, -0.2) is 0 Å². The van der Waals surface area contributed by atoms with Gasteiger partial charge in [0, 0.05) is 21.2 Å². The maximum Gasteiger partial charge on any atom is 0.253 e. The Morgan fingerprint density at radius 3 is 1.71 bits per heavy atom. The van der Waals surface area contributed by atoms with E-state index in [0.717, 1.165) is 0 Å². The first kappa shape index (κ1) is 23.4. The number of nitrogens with one attached hydrogen (secondary N) is 2. The summed E-state index contributed by atoms with van der Waals surface area (Å²) < 4.78 is 5.92. The van der Waals surface area contributed by atoms with Crippen LogP contribution >= 0.6 is 23.2 Å². The number of carbonyl (C=O) groups excluding carboxylic acids is 2. The van der Waals surface area contributed by atoms with Gasteiger partial charge in [-0.15, -0.1) is 0 Å². The number of ether oxygens (including phenoxy) is 1. The summed E-state index contributed by atoms with van der Waals surface area (Å²) in [7, 11) is 0. The first-order chi connectivity index (χ1) is 16.5. The Morgan fingerprint density at radius 2 is 1.15 bits per heavy atom. The van der Waals surface area contributed by atoms with Gasteiger partial charge < -0.3 is 15.4 Å². The highest BCUT2D eigenvalue weighted by Crippen LogP contribution is 2.25. The topological polar surface area (TPSA) is 67.4 Å². The lowest BCUT2D eigenvalue weighted by Gasteiger charge is -2.22. The minimum absolute atomic E-state index is 0.367. The summed E-state index contributed by atoms with van der Waals surface area (Å²) in [5.41, 5.74) is 1.36. The van der Waals surface area contributed by atoms with Crippen LogP contribution in [0.3, 0.4) is 0 Å².